The molecule has 21 heavy (non-hydrogen) atoms. The van der Waals surface area contributed by atoms with E-state index in [1.165, 1.54) is 12.8 Å². The quantitative estimate of drug-likeness (QED) is 0.828. The molecule has 0 aliphatic carbocycles. The first-order valence-corrected chi connectivity index (χ1v) is 9.25. The average Bonchev–Trinajstić information content (AvgIpc) is 2.84. The van der Waals surface area contributed by atoms with Crippen LogP contribution in [0.2, 0.25) is 0 Å². The Kier molecular flexibility index (Phi) is 5.78. The van der Waals surface area contributed by atoms with Gasteiger partial charge in [-0.3, -0.25) is 0 Å². The van der Waals surface area contributed by atoms with E-state index in [-0.39, 0.29) is 11.8 Å². The minimum atomic E-state index is -3.35. The Balaban J connectivity index is 2.03. The molecule has 0 spiro atoms. The van der Waals surface area contributed by atoms with Crippen LogP contribution in [-0.4, -0.2) is 43.6 Å². The number of hydrogen-bond acceptors (Lipinski definition) is 5. The molecule has 0 radical (unpaired) electrons. The smallest absolute Gasteiger partial charge is 0.220 e. The normalized spacial score (nSPS) is 20.0. The predicted molar refractivity (Wildman–Crippen MR) is 81.4 cm³/mol. The van der Waals surface area contributed by atoms with Crippen molar-refractivity contribution in [2.75, 3.05) is 19.6 Å². The molecule has 1 fully saturated rings. The molecule has 2 rings (SSSR count). The molecule has 0 bridgehead atoms. The summed E-state index contributed by atoms with van der Waals surface area (Å²) >= 11 is 0. The van der Waals surface area contributed by atoms with E-state index in [1.54, 1.807) is 17.3 Å². The Morgan fingerprint density at radius 2 is 2.29 bits per heavy atom. The van der Waals surface area contributed by atoms with Crippen LogP contribution in [0.25, 0.3) is 0 Å². The zero-order valence-electron chi connectivity index (χ0n) is 12.8. The van der Waals surface area contributed by atoms with E-state index in [2.05, 4.69) is 10.5 Å². The van der Waals surface area contributed by atoms with Gasteiger partial charge < -0.3 is 9.84 Å². The zero-order chi connectivity index (χ0) is 15.3. The largest absolute Gasteiger partial charge is 0.361 e. The van der Waals surface area contributed by atoms with Crippen molar-refractivity contribution in [1.29, 1.82) is 0 Å². The van der Waals surface area contributed by atoms with Crippen molar-refractivity contribution in [3.63, 3.8) is 0 Å². The van der Waals surface area contributed by atoms with Gasteiger partial charge in [0.2, 0.25) is 10.0 Å². The predicted octanol–water partition coefficient (Wildman–Crippen LogP) is 1.67. The van der Waals surface area contributed by atoms with E-state index < -0.39 is 10.0 Å². The van der Waals surface area contributed by atoms with Crippen LogP contribution >= 0.6 is 0 Å². The van der Waals surface area contributed by atoms with Crippen LogP contribution in [0.15, 0.2) is 10.6 Å². The molecule has 1 aliphatic heterocycles. The van der Waals surface area contributed by atoms with E-state index in [4.69, 9.17) is 4.52 Å². The van der Waals surface area contributed by atoms with Crippen molar-refractivity contribution >= 4 is 10.0 Å². The average molecular weight is 315 g/mol. The number of aryl methyl sites for hydroxylation is 1. The molecule has 1 aromatic rings. The second kappa shape index (κ2) is 7.38. The van der Waals surface area contributed by atoms with Gasteiger partial charge in [0.25, 0.3) is 0 Å². The molecule has 1 saturated heterocycles. The zero-order valence-corrected chi connectivity index (χ0v) is 13.7. The first kappa shape index (κ1) is 16.5. The molecule has 1 atom stereocenters. The van der Waals surface area contributed by atoms with Crippen LogP contribution in [0.3, 0.4) is 0 Å². The highest BCUT2D eigenvalue weighted by atomic mass is 32.2. The van der Waals surface area contributed by atoms with Gasteiger partial charge in [0.05, 0.1) is 0 Å². The molecular weight excluding hydrogens is 290 g/mol. The molecule has 120 valence electrons. The number of rotatable bonds is 7. The summed E-state index contributed by atoms with van der Waals surface area (Å²) in [5.74, 6) is 0.549. The summed E-state index contributed by atoms with van der Waals surface area (Å²) in [6.07, 6.45) is 4.19. The Morgan fingerprint density at radius 3 is 2.86 bits per heavy atom. The minimum Gasteiger partial charge on any atom is -0.361 e. The van der Waals surface area contributed by atoms with Gasteiger partial charge in [-0.05, 0) is 32.7 Å². The highest BCUT2D eigenvalue weighted by molar-refractivity contribution is 7.88. The van der Waals surface area contributed by atoms with E-state index in [1.807, 2.05) is 6.92 Å². The summed E-state index contributed by atoms with van der Waals surface area (Å²) < 4.78 is 31.7. The molecule has 6 nitrogen and oxygen atoms in total. The fourth-order valence-corrected chi connectivity index (χ4v) is 4.24. The molecule has 0 aromatic carbocycles. The third kappa shape index (κ3) is 4.79. The van der Waals surface area contributed by atoms with E-state index in [0.29, 0.717) is 24.5 Å². The van der Waals surface area contributed by atoms with E-state index in [9.17, 15) is 8.42 Å². The number of hydrogen-bond donors (Lipinski definition) is 1. The van der Waals surface area contributed by atoms with Gasteiger partial charge in [0, 0.05) is 25.2 Å². The van der Waals surface area contributed by atoms with Crippen LogP contribution < -0.4 is 5.32 Å². The fraction of sp³-hybridized carbons (Fsp3) is 0.786. The highest BCUT2D eigenvalue weighted by Gasteiger charge is 2.26. The molecule has 7 heteroatoms. The lowest BCUT2D eigenvalue weighted by Gasteiger charge is -2.29. The minimum absolute atomic E-state index is 0.0863. The summed E-state index contributed by atoms with van der Waals surface area (Å²) in [4.78, 5) is 0. The Labute approximate surface area is 126 Å². The maximum Gasteiger partial charge on any atom is 0.220 e. The Morgan fingerprint density at radius 1 is 1.48 bits per heavy atom. The van der Waals surface area contributed by atoms with Crippen LogP contribution in [0.1, 0.15) is 44.1 Å². The van der Waals surface area contributed by atoms with Crippen molar-refractivity contribution in [3.05, 3.63) is 17.5 Å². The standard InChI is InChI=1S/C14H25N3O3S/c1-3-8-17(10-13-6-4-5-7-15-13)21(18,19)11-14-9-12(2)20-16-14/h9,13,15H,3-8,10-11H2,1-2H3. The lowest BCUT2D eigenvalue weighted by Crippen LogP contribution is -2.46. The molecule has 1 unspecified atom stereocenters. The molecule has 0 amide bonds. The number of nitrogens with one attached hydrogen (secondary N) is 1. The van der Waals surface area contributed by atoms with Crippen molar-refractivity contribution in [2.45, 2.75) is 51.3 Å². The number of piperidine rings is 1. The van der Waals surface area contributed by atoms with Crippen molar-refractivity contribution in [1.82, 2.24) is 14.8 Å². The first-order valence-electron chi connectivity index (χ1n) is 7.64. The molecule has 1 aromatic heterocycles. The summed E-state index contributed by atoms with van der Waals surface area (Å²) in [5, 5.41) is 7.20. The van der Waals surface area contributed by atoms with Crippen molar-refractivity contribution in [3.8, 4) is 0 Å². The summed E-state index contributed by atoms with van der Waals surface area (Å²) in [7, 11) is -3.35. The van der Waals surface area contributed by atoms with Gasteiger partial charge in [-0.25, -0.2) is 12.7 Å². The van der Waals surface area contributed by atoms with Gasteiger partial charge in [-0.2, -0.15) is 0 Å². The van der Waals surface area contributed by atoms with Crippen molar-refractivity contribution in [2.24, 2.45) is 0 Å². The van der Waals surface area contributed by atoms with Gasteiger partial charge in [-0.15, -0.1) is 0 Å². The van der Waals surface area contributed by atoms with Crippen molar-refractivity contribution < 1.29 is 12.9 Å². The maximum absolute atomic E-state index is 12.6. The molecule has 1 N–H and O–H groups in total. The maximum atomic E-state index is 12.6. The third-order valence-corrected chi connectivity index (χ3v) is 5.49. The third-order valence-electron chi connectivity index (χ3n) is 3.71. The number of sulfonamides is 1. The van der Waals surface area contributed by atoms with Gasteiger partial charge in [-0.1, -0.05) is 18.5 Å². The highest BCUT2D eigenvalue weighted by Crippen LogP contribution is 2.15. The topological polar surface area (TPSA) is 75.4 Å². The monoisotopic (exact) mass is 315 g/mol. The second-order valence-electron chi connectivity index (χ2n) is 5.69. The summed E-state index contributed by atoms with van der Waals surface area (Å²) in [6.45, 7) is 5.84. The second-order valence-corrected chi connectivity index (χ2v) is 7.66. The molecule has 2 heterocycles. The van der Waals surface area contributed by atoms with E-state index in [0.717, 1.165) is 19.4 Å². The Hall–Kier alpha value is -0.920. The number of nitrogens with zero attached hydrogens (tertiary/aromatic N) is 2. The van der Waals surface area contributed by atoms with Crippen LogP contribution in [0, 0.1) is 6.92 Å². The lowest BCUT2D eigenvalue weighted by atomic mass is 10.1. The van der Waals surface area contributed by atoms with Gasteiger partial charge in [0.1, 0.15) is 17.2 Å². The van der Waals surface area contributed by atoms with Gasteiger partial charge >= 0.3 is 0 Å². The Bertz CT molecular complexity index is 535. The number of aromatic nitrogens is 1. The summed E-state index contributed by atoms with van der Waals surface area (Å²) in [6, 6.07) is 1.94. The van der Waals surface area contributed by atoms with E-state index >= 15 is 0 Å². The van der Waals surface area contributed by atoms with Crippen LogP contribution in [0.5, 0.6) is 0 Å². The molecule has 0 saturated carbocycles. The summed E-state index contributed by atoms with van der Waals surface area (Å²) in [5.41, 5.74) is 0.477. The lowest BCUT2D eigenvalue weighted by molar-refractivity contribution is 0.312. The first-order chi connectivity index (χ1) is 10.0. The SMILES string of the molecule is CCCN(CC1CCCCN1)S(=O)(=O)Cc1cc(C)on1. The van der Waals surface area contributed by atoms with Crippen LogP contribution in [-0.2, 0) is 15.8 Å². The van der Waals surface area contributed by atoms with Gasteiger partial charge in [0.15, 0.2) is 0 Å². The fourth-order valence-electron chi connectivity index (χ4n) is 2.68. The van der Waals surface area contributed by atoms with Crippen LogP contribution in [0.4, 0.5) is 0 Å². The molecule has 1 aliphatic rings. The molecular formula is C14H25N3O3S.